The van der Waals surface area contributed by atoms with Crippen LogP contribution in [0.4, 0.5) is 0 Å². The Bertz CT molecular complexity index is 237. The van der Waals surface area contributed by atoms with Crippen LogP contribution in [0.25, 0.3) is 0 Å². The van der Waals surface area contributed by atoms with Gasteiger partial charge in [0.1, 0.15) is 0 Å². The van der Waals surface area contributed by atoms with Gasteiger partial charge < -0.3 is 16.4 Å². The summed E-state index contributed by atoms with van der Waals surface area (Å²) in [5.41, 5.74) is 5.11. The zero-order chi connectivity index (χ0) is 13.1. The number of carbonyl (C=O) groups excluding carboxylic acids is 2. The molecule has 0 fully saturated rings. The fourth-order valence-corrected chi connectivity index (χ4v) is 1.52. The number of unbranched alkanes of at least 4 members (excludes halogenated alkanes) is 1. The molecule has 0 bridgehead atoms. The predicted octanol–water partition coefficient (Wildman–Crippen LogP) is 0.816. The standard InChI is InChI=1S/C12H25N3O2.ClH/c1-3-5-6-10(4-2)8-14-12(17)9-15-11(16)7-13;/h10H,3-9,13H2,1-2H3,(H,14,17)(H,15,16);1H. The molecule has 0 spiro atoms. The van der Waals surface area contributed by atoms with E-state index in [0.717, 1.165) is 12.8 Å². The van der Waals surface area contributed by atoms with E-state index in [9.17, 15) is 9.59 Å². The first-order valence-corrected chi connectivity index (χ1v) is 6.37. The van der Waals surface area contributed by atoms with Crippen LogP contribution in [0.1, 0.15) is 39.5 Å². The summed E-state index contributed by atoms with van der Waals surface area (Å²) in [7, 11) is 0. The van der Waals surface area contributed by atoms with Crippen LogP contribution in [0, 0.1) is 5.92 Å². The molecule has 0 saturated heterocycles. The van der Waals surface area contributed by atoms with Gasteiger partial charge in [0.05, 0.1) is 13.1 Å². The summed E-state index contributed by atoms with van der Waals surface area (Å²) >= 11 is 0. The average molecular weight is 280 g/mol. The van der Waals surface area contributed by atoms with Crippen molar-refractivity contribution < 1.29 is 9.59 Å². The summed E-state index contributed by atoms with van der Waals surface area (Å²) in [4.78, 5) is 22.2. The van der Waals surface area contributed by atoms with Gasteiger partial charge in [0, 0.05) is 6.54 Å². The molecule has 0 aromatic carbocycles. The molecule has 0 aromatic heterocycles. The van der Waals surface area contributed by atoms with Gasteiger partial charge in [-0.05, 0) is 12.3 Å². The smallest absolute Gasteiger partial charge is 0.239 e. The zero-order valence-electron chi connectivity index (χ0n) is 11.3. The molecule has 0 heterocycles. The van der Waals surface area contributed by atoms with Crippen molar-refractivity contribution in [1.29, 1.82) is 0 Å². The number of hydrogen-bond donors (Lipinski definition) is 3. The molecule has 0 aliphatic rings. The molecule has 0 rings (SSSR count). The van der Waals surface area contributed by atoms with Gasteiger partial charge in [-0.3, -0.25) is 9.59 Å². The van der Waals surface area contributed by atoms with Crippen molar-refractivity contribution in [2.45, 2.75) is 39.5 Å². The van der Waals surface area contributed by atoms with Crippen LogP contribution in [-0.4, -0.2) is 31.4 Å². The molecular formula is C12H26ClN3O2. The van der Waals surface area contributed by atoms with Gasteiger partial charge >= 0.3 is 0 Å². The average Bonchev–Trinajstić information content (AvgIpc) is 2.36. The third-order valence-electron chi connectivity index (χ3n) is 2.76. The number of nitrogens with two attached hydrogens (primary N) is 1. The van der Waals surface area contributed by atoms with Crippen molar-refractivity contribution in [1.82, 2.24) is 10.6 Å². The van der Waals surface area contributed by atoms with Gasteiger partial charge in [-0.1, -0.05) is 33.1 Å². The Morgan fingerprint density at radius 2 is 1.83 bits per heavy atom. The van der Waals surface area contributed by atoms with Crippen molar-refractivity contribution in [3.05, 3.63) is 0 Å². The molecular weight excluding hydrogens is 254 g/mol. The van der Waals surface area contributed by atoms with Gasteiger partial charge in [-0.15, -0.1) is 12.4 Å². The normalized spacial score (nSPS) is 11.3. The summed E-state index contributed by atoms with van der Waals surface area (Å²) in [5.74, 6) is 0.0732. The van der Waals surface area contributed by atoms with E-state index in [1.807, 2.05) is 0 Å². The van der Waals surface area contributed by atoms with Gasteiger partial charge in [0.15, 0.2) is 0 Å². The molecule has 0 radical (unpaired) electrons. The van der Waals surface area contributed by atoms with Crippen molar-refractivity contribution in [2.75, 3.05) is 19.6 Å². The third-order valence-corrected chi connectivity index (χ3v) is 2.76. The van der Waals surface area contributed by atoms with Crippen LogP contribution in [0.3, 0.4) is 0 Å². The SMILES string of the molecule is CCCCC(CC)CNC(=O)CNC(=O)CN.Cl. The molecule has 4 N–H and O–H groups in total. The molecule has 18 heavy (non-hydrogen) atoms. The molecule has 2 amide bonds. The summed E-state index contributed by atoms with van der Waals surface area (Å²) in [5, 5.41) is 5.27. The van der Waals surface area contributed by atoms with Gasteiger partial charge in [0.25, 0.3) is 0 Å². The van der Waals surface area contributed by atoms with E-state index >= 15 is 0 Å². The lowest BCUT2D eigenvalue weighted by molar-refractivity contribution is -0.125. The van der Waals surface area contributed by atoms with Crippen LogP contribution in [0.5, 0.6) is 0 Å². The molecule has 0 aliphatic carbocycles. The Morgan fingerprint density at radius 1 is 1.17 bits per heavy atom. The van der Waals surface area contributed by atoms with E-state index in [1.165, 1.54) is 12.8 Å². The molecule has 6 heteroatoms. The van der Waals surface area contributed by atoms with E-state index < -0.39 is 0 Å². The second-order valence-corrected chi connectivity index (χ2v) is 4.20. The molecule has 0 saturated carbocycles. The maximum atomic E-state index is 11.4. The molecule has 1 unspecified atom stereocenters. The zero-order valence-corrected chi connectivity index (χ0v) is 12.1. The minimum absolute atomic E-state index is 0. The molecule has 5 nitrogen and oxygen atoms in total. The highest BCUT2D eigenvalue weighted by Crippen LogP contribution is 2.10. The van der Waals surface area contributed by atoms with E-state index in [1.54, 1.807) is 0 Å². The number of hydrogen-bond acceptors (Lipinski definition) is 3. The summed E-state index contributed by atoms with van der Waals surface area (Å²) in [6.07, 6.45) is 4.58. The van der Waals surface area contributed by atoms with Crippen molar-refractivity contribution >= 4 is 24.2 Å². The van der Waals surface area contributed by atoms with E-state index in [-0.39, 0.29) is 37.3 Å². The Morgan fingerprint density at radius 3 is 2.33 bits per heavy atom. The lowest BCUT2D eigenvalue weighted by atomic mass is 9.99. The summed E-state index contributed by atoms with van der Waals surface area (Å²) < 4.78 is 0. The molecule has 0 aromatic rings. The first-order valence-electron chi connectivity index (χ1n) is 6.37. The minimum Gasteiger partial charge on any atom is -0.354 e. The summed E-state index contributed by atoms with van der Waals surface area (Å²) in [6.45, 7) is 4.91. The molecule has 1 atom stereocenters. The van der Waals surface area contributed by atoms with Crippen LogP contribution in [0.15, 0.2) is 0 Å². The first-order chi connectivity index (χ1) is 8.13. The van der Waals surface area contributed by atoms with Gasteiger partial charge in [-0.25, -0.2) is 0 Å². The third kappa shape index (κ3) is 10.4. The van der Waals surface area contributed by atoms with E-state index in [4.69, 9.17) is 5.73 Å². The topological polar surface area (TPSA) is 84.2 Å². The number of nitrogens with one attached hydrogen (secondary N) is 2. The second kappa shape index (κ2) is 12.6. The van der Waals surface area contributed by atoms with Gasteiger partial charge in [-0.2, -0.15) is 0 Å². The fourth-order valence-electron chi connectivity index (χ4n) is 1.52. The quantitative estimate of drug-likeness (QED) is 0.584. The lowest BCUT2D eigenvalue weighted by Gasteiger charge is -2.15. The Balaban J connectivity index is 0. The number of rotatable bonds is 9. The van der Waals surface area contributed by atoms with E-state index in [0.29, 0.717) is 12.5 Å². The van der Waals surface area contributed by atoms with E-state index in [2.05, 4.69) is 24.5 Å². The van der Waals surface area contributed by atoms with Crippen LogP contribution in [0.2, 0.25) is 0 Å². The minimum atomic E-state index is -0.307. The summed E-state index contributed by atoms with van der Waals surface area (Å²) in [6, 6.07) is 0. The molecule has 108 valence electrons. The number of amides is 2. The maximum absolute atomic E-state index is 11.4. The Hall–Kier alpha value is -0.810. The predicted molar refractivity (Wildman–Crippen MR) is 75.6 cm³/mol. The van der Waals surface area contributed by atoms with Crippen LogP contribution in [-0.2, 0) is 9.59 Å². The maximum Gasteiger partial charge on any atom is 0.239 e. The van der Waals surface area contributed by atoms with Crippen molar-refractivity contribution in [3.8, 4) is 0 Å². The second-order valence-electron chi connectivity index (χ2n) is 4.20. The Kier molecular flexibility index (Phi) is 13.7. The molecule has 0 aliphatic heterocycles. The lowest BCUT2D eigenvalue weighted by Crippen LogP contribution is -2.40. The number of halogens is 1. The number of carbonyl (C=O) groups is 2. The monoisotopic (exact) mass is 279 g/mol. The highest BCUT2D eigenvalue weighted by molar-refractivity contribution is 5.85. The highest BCUT2D eigenvalue weighted by atomic mass is 35.5. The van der Waals surface area contributed by atoms with Gasteiger partial charge in [0.2, 0.25) is 11.8 Å². The van der Waals surface area contributed by atoms with Crippen LogP contribution >= 0.6 is 12.4 Å². The van der Waals surface area contributed by atoms with Crippen molar-refractivity contribution in [3.63, 3.8) is 0 Å². The Labute approximate surface area is 116 Å². The largest absolute Gasteiger partial charge is 0.354 e. The van der Waals surface area contributed by atoms with Crippen molar-refractivity contribution in [2.24, 2.45) is 11.7 Å². The fraction of sp³-hybridized carbons (Fsp3) is 0.833. The first kappa shape index (κ1) is 19.5. The highest BCUT2D eigenvalue weighted by Gasteiger charge is 2.08. The van der Waals surface area contributed by atoms with Crippen LogP contribution < -0.4 is 16.4 Å².